The number of Topliss-reactive ketones (excluding diaryl/α,β-unsaturated/α-hetero) is 1. The van der Waals surface area contributed by atoms with E-state index in [1.165, 1.54) is 18.0 Å². The van der Waals surface area contributed by atoms with E-state index in [1.54, 1.807) is 19.1 Å². The Morgan fingerprint density at radius 1 is 1.48 bits per heavy atom. The highest BCUT2D eigenvalue weighted by Crippen LogP contribution is 2.33. The molecule has 0 saturated heterocycles. The van der Waals surface area contributed by atoms with Crippen LogP contribution in [-0.4, -0.2) is 43.2 Å². The highest BCUT2D eigenvalue weighted by molar-refractivity contribution is 6.33. The minimum absolute atomic E-state index is 0.125. The van der Waals surface area contributed by atoms with Gasteiger partial charge in [0.15, 0.2) is 12.4 Å². The molecule has 0 bridgehead atoms. The Balaban J connectivity index is 2.40. The van der Waals surface area contributed by atoms with E-state index in [-0.39, 0.29) is 30.7 Å². The van der Waals surface area contributed by atoms with Crippen molar-refractivity contribution in [2.45, 2.75) is 12.3 Å². The molecule has 1 aromatic carbocycles. The number of benzene rings is 1. The van der Waals surface area contributed by atoms with E-state index < -0.39 is 5.38 Å². The first-order valence-electron chi connectivity index (χ1n) is 6.40. The van der Waals surface area contributed by atoms with E-state index in [1.807, 2.05) is 0 Å². The topological polar surface area (TPSA) is 75.7 Å². The summed E-state index contributed by atoms with van der Waals surface area (Å²) in [5, 5.41) is 1.79. The SMILES string of the molecule is CNC(=O)CN1C(=O)COc2ccc(C(=O)C(C)Cl)cc21. The van der Waals surface area contributed by atoms with Crippen molar-refractivity contribution >= 4 is 34.9 Å². The van der Waals surface area contributed by atoms with Crippen LogP contribution in [0.5, 0.6) is 5.75 Å². The number of nitrogens with zero attached hydrogens (tertiary/aromatic N) is 1. The Morgan fingerprint density at radius 3 is 2.81 bits per heavy atom. The molecule has 1 aliphatic heterocycles. The van der Waals surface area contributed by atoms with Crippen molar-refractivity contribution in [3.05, 3.63) is 23.8 Å². The summed E-state index contributed by atoms with van der Waals surface area (Å²) in [5.41, 5.74) is 0.773. The Morgan fingerprint density at radius 2 is 2.19 bits per heavy atom. The first-order valence-corrected chi connectivity index (χ1v) is 6.83. The molecule has 2 amide bonds. The van der Waals surface area contributed by atoms with Crippen LogP contribution in [-0.2, 0) is 9.59 Å². The summed E-state index contributed by atoms with van der Waals surface area (Å²) in [6.07, 6.45) is 0. The first-order chi connectivity index (χ1) is 9.93. The number of ketones is 1. The van der Waals surface area contributed by atoms with E-state index >= 15 is 0 Å². The number of carbonyl (C=O) groups excluding carboxylic acids is 3. The van der Waals surface area contributed by atoms with E-state index in [4.69, 9.17) is 16.3 Å². The number of halogens is 1. The number of amides is 2. The van der Waals surface area contributed by atoms with Crippen molar-refractivity contribution < 1.29 is 19.1 Å². The third kappa shape index (κ3) is 3.16. The zero-order chi connectivity index (χ0) is 15.6. The van der Waals surface area contributed by atoms with Gasteiger partial charge in [0.05, 0.1) is 11.1 Å². The number of hydrogen-bond donors (Lipinski definition) is 1. The smallest absolute Gasteiger partial charge is 0.265 e. The number of nitrogens with one attached hydrogen (secondary N) is 1. The fourth-order valence-corrected chi connectivity index (χ4v) is 2.11. The van der Waals surface area contributed by atoms with Gasteiger partial charge in [-0.25, -0.2) is 0 Å². The molecule has 1 aliphatic rings. The molecule has 0 fully saturated rings. The van der Waals surface area contributed by atoms with Crippen LogP contribution in [0.15, 0.2) is 18.2 Å². The number of hydrogen-bond acceptors (Lipinski definition) is 4. The molecule has 0 spiro atoms. The molecule has 2 rings (SSSR count). The van der Waals surface area contributed by atoms with Crippen molar-refractivity contribution in [1.82, 2.24) is 5.32 Å². The Bertz CT molecular complexity index is 601. The zero-order valence-electron chi connectivity index (χ0n) is 11.7. The fraction of sp³-hybridized carbons (Fsp3) is 0.357. The van der Waals surface area contributed by atoms with Gasteiger partial charge in [-0.1, -0.05) is 0 Å². The lowest BCUT2D eigenvalue weighted by molar-refractivity contribution is -0.125. The number of alkyl halides is 1. The second kappa shape index (κ2) is 6.13. The maximum Gasteiger partial charge on any atom is 0.265 e. The highest BCUT2D eigenvalue weighted by Gasteiger charge is 2.28. The lowest BCUT2D eigenvalue weighted by Crippen LogP contribution is -2.44. The van der Waals surface area contributed by atoms with Crippen molar-refractivity contribution in [3.63, 3.8) is 0 Å². The zero-order valence-corrected chi connectivity index (χ0v) is 12.4. The van der Waals surface area contributed by atoms with Gasteiger partial charge in [-0.3, -0.25) is 19.3 Å². The average Bonchev–Trinajstić information content (AvgIpc) is 2.48. The van der Waals surface area contributed by atoms with Crippen LogP contribution < -0.4 is 15.0 Å². The molecule has 21 heavy (non-hydrogen) atoms. The number of rotatable bonds is 4. The molecule has 0 aromatic heterocycles. The van der Waals surface area contributed by atoms with Gasteiger partial charge in [-0.05, 0) is 25.1 Å². The lowest BCUT2D eigenvalue weighted by atomic mass is 10.1. The van der Waals surface area contributed by atoms with Gasteiger partial charge in [-0.2, -0.15) is 0 Å². The van der Waals surface area contributed by atoms with Crippen LogP contribution in [0, 0.1) is 0 Å². The van der Waals surface area contributed by atoms with Crippen molar-refractivity contribution in [2.24, 2.45) is 0 Å². The number of anilines is 1. The minimum Gasteiger partial charge on any atom is -0.482 e. The monoisotopic (exact) mass is 310 g/mol. The number of carbonyl (C=O) groups is 3. The van der Waals surface area contributed by atoms with Gasteiger partial charge < -0.3 is 10.1 Å². The number of fused-ring (bicyclic) bond motifs is 1. The standard InChI is InChI=1S/C14H15ClN2O4/c1-8(15)14(20)9-3-4-11-10(5-9)17(6-12(18)16-2)13(19)7-21-11/h3-5,8H,6-7H2,1-2H3,(H,16,18). The Labute approximate surface area is 127 Å². The molecule has 1 aromatic rings. The molecular formula is C14H15ClN2O4. The van der Waals surface area contributed by atoms with Crippen LogP contribution in [0.1, 0.15) is 17.3 Å². The van der Waals surface area contributed by atoms with Gasteiger partial charge in [0.25, 0.3) is 5.91 Å². The largest absolute Gasteiger partial charge is 0.482 e. The maximum atomic E-state index is 11.9. The summed E-state index contributed by atoms with van der Waals surface area (Å²) in [5.74, 6) is -0.442. The maximum absolute atomic E-state index is 11.9. The average molecular weight is 311 g/mol. The summed E-state index contributed by atoms with van der Waals surface area (Å²) in [7, 11) is 1.49. The van der Waals surface area contributed by atoms with Crippen LogP contribution in [0.2, 0.25) is 0 Å². The minimum atomic E-state index is -0.671. The molecule has 7 heteroatoms. The molecule has 0 aliphatic carbocycles. The van der Waals surface area contributed by atoms with Crippen molar-refractivity contribution in [1.29, 1.82) is 0 Å². The molecule has 0 saturated carbocycles. The summed E-state index contributed by atoms with van der Waals surface area (Å²) in [6.45, 7) is 1.32. The molecule has 1 unspecified atom stereocenters. The second-order valence-corrected chi connectivity index (χ2v) is 5.26. The third-order valence-electron chi connectivity index (χ3n) is 3.13. The van der Waals surface area contributed by atoms with Crippen molar-refractivity contribution in [3.8, 4) is 5.75 Å². The molecule has 112 valence electrons. The molecule has 1 heterocycles. The molecule has 6 nitrogen and oxygen atoms in total. The van der Waals surface area contributed by atoms with Gasteiger partial charge in [0.1, 0.15) is 12.3 Å². The summed E-state index contributed by atoms with van der Waals surface area (Å²) in [4.78, 5) is 36.7. The van der Waals surface area contributed by atoms with E-state index in [0.717, 1.165) is 0 Å². The highest BCUT2D eigenvalue weighted by atomic mass is 35.5. The summed E-state index contributed by atoms with van der Waals surface area (Å²) >= 11 is 5.79. The third-order valence-corrected chi connectivity index (χ3v) is 3.33. The molecule has 1 atom stereocenters. The van der Waals surface area contributed by atoms with Gasteiger partial charge in [0.2, 0.25) is 5.91 Å². The normalized spacial score (nSPS) is 15.0. The fourth-order valence-electron chi connectivity index (χ4n) is 1.98. The first kappa shape index (κ1) is 15.3. The predicted octanol–water partition coefficient (Wildman–Crippen LogP) is 0.968. The summed E-state index contributed by atoms with van der Waals surface area (Å²) < 4.78 is 5.31. The molecule has 1 N–H and O–H groups in total. The van der Waals surface area contributed by atoms with Crippen molar-refractivity contribution in [2.75, 3.05) is 25.1 Å². The van der Waals surface area contributed by atoms with Crippen LogP contribution >= 0.6 is 11.6 Å². The summed E-state index contributed by atoms with van der Waals surface area (Å²) in [6, 6.07) is 4.72. The van der Waals surface area contributed by atoms with Crippen LogP contribution in [0.4, 0.5) is 5.69 Å². The predicted molar refractivity (Wildman–Crippen MR) is 78.0 cm³/mol. The quantitative estimate of drug-likeness (QED) is 0.664. The lowest BCUT2D eigenvalue weighted by Gasteiger charge is -2.29. The van der Waals surface area contributed by atoms with Crippen LogP contribution in [0.3, 0.4) is 0 Å². The number of likely N-dealkylation sites (N-methyl/N-ethyl adjacent to an activating group) is 1. The van der Waals surface area contributed by atoms with Gasteiger partial charge in [0, 0.05) is 12.6 Å². The second-order valence-electron chi connectivity index (χ2n) is 4.60. The Kier molecular flexibility index (Phi) is 4.47. The van der Waals surface area contributed by atoms with Gasteiger partial charge >= 0.3 is 0 Å². The van der Waals surface area contributed by atoms with E-state index in [9.17, 15) is 14.4 Å². The Hall–Kier alpha value is -2.08. The van der Waals surface area contributed by atoms with Gasteiger partial charge in [-0.15, -0.1) is 11.6 Å². The molecular weight excluding hydrogens is 296 g/mol. The van der Waals surface area contributed by atoms with Crippen LogP contribution in [0.25, 0.3) is 0 Å². The van der Waals surface area contributed by atoms with E-state index in [2.05, 4.69) is 5.32 Å². The molecule has 0 radical (unpaired) electrons. The number of ether oxygens (including phenoxy) is 1. The van der Waals surface area contributed by atoms with E-state index in [0.29, 0.717) is 17.0 Å².